The molecule has 114 valence electrons. The molecule has 0 aliphatic carbocycles. The number of hydrazone groups is 1. The topological polar surface area (TPSA) is 117 Å². The number of aliphatic carboxylic acids is 1. The number of carboxylic acids is 1. The molecule has 0 bridgehead atoms. The average molecular weight is 318 g/mol. The van der Waals surface area contributed by atoms with E-state index in [2.05, 4.69) is 26.6 Å². The van der Waals surface area contributed by atoms with Gasteiger partial charge in [0, 0.05) is 18.0 Å². The number of aliphatic imine (C=N–C) groups is 1. The minimum absolute atomic E-state index is 0.210. The average Bonchev–Trinajstić information content (AvgIpc) is 2.99. The minimum Gasteiger partial charge on any atom is -0.480 e. The van der Waals surface area contributed by atoms with Gasteiger partial charge in [0.15, 0.2) is 0 Å². The Kier molecular flexibility index (Phi) is 3.57. The fourth-order valence-electron chi connectivity index (χ4n) is 2.24. The number of aryl methyl sites for hydroxylation is 1. The summed E-state index contributed by atoms with van der Waals surface area (Å²) in [6.07, 6.45) is 3.40. The molecule has 1 aromatic rings. The first kappa shape index (κ1) is 14.5. The highest BCUT2D eigenvalue weighted by Crippen LogP contribution is 2.37. The zero-order valence-corrected chi connectivity index (χ0v) is 12.6. The lowest BCUT2D eigenvalue weighted by Gasteiger charge is -2.19. The predicted octanol–water partition coefficient (Wildman–Crippen LogP) is 0.202. The SMILES string of the molecule is C=C(N)C1=NN(CC(=O)O)C2SC(c3cnc(C)nc3)=NC12. The predicted molar refractivity (Wildman–Crippen MR) is 83.6 cm³/mol. The van der Waals surface area contributed by atoms with Gasteiger partial charge in [-0.3, -0.25) is 14.8 Å². The van der Waals surface area contributed by atoms with Gasteiger partial charge >= 0.3 is 5.97 Å². The number of aromatic nitrogens is 2. The van der Waals surface area contributed by atoms with Gasteiger partial charge < -0.3 is 10.8 Å². The van der Waals surface area contributed by atoms with Crippen molar-refractivity contribution < 1.29 is 9.90 Å². The molecule has 8 nitrogen and oxygen atoms in total. The van der Waals surface area contributed by atoms with Crippen LogP contribution in [0, 0.1) is 6.92 Å². The summed E-state index contributed by atoms with van der Waals surface area (Å²) in [6, 6.07) is -0.321. The highest BCUT2D eigenvalue weighted by atomic mass is 32.2. The number of fused-ring (bicyclic) bond motifs is 1. The van der Waals surface area contributed by atoms with Crippen molar-refractivity contribution in [2.45, 2.75) is 18.3 Å². The minimum atomic E-state index is -0.959. The number of carboxylic acid groups (broad SMARTS) is 1. The molecule has 0 amide bonds. The standard InChI is InChI=1S/C13H14N6O2S/c1-6(14)10-11-13(19(18-10)5-9(20)21)22-12(17-11)8-3-15-7(2)16-4-8/h3-4,11,13H,1,5,14H2,2H3,(H,20,21). The van der Waals surface area contributed by atoms with Crippen molar-refractivity contribution in [3.63, 3.8) is 0 Å². The van der Waals surface area contributed by atoms with Gasteiger partial charge in [-0.1, -0.05) is 18.3 Å². The van der Waals surface area contributed by atoms with E-state index in [-0.39, 0.29) is 18.0 Å². The molecule has 3 rings (SSSR count). The molecule has 0 radical (unpaired) electrons. The Morgan fingerprint density at radius 1 is 1.50 bits per heavy atom. The molecule has 3 N–H and O–H groups in total. The van der Waals surface area contributed by atoms with E-state index in [1.54, 1.807) is 19.3 Å². The molecule has 2 aliphatic heterocycles. The molecule has 2 atom stereocenters. The van der Waals surface area contributed by atoms with Crippen LogP contribution in [-0.2, 0) is 4.79 Å². The third kappa shape index (κ3) is 2.54. The second kappa shape index (κ2) is 5.41. The third-order valence-electron chi connectivity index (χ3n) is 3.22. The first-order valence-corrected chi connectivity index (χ1v) is 7.39. The number of hydrogen-bond acceptors (Lipinski definition) is 8. The molecule has 0 fully saturated rings. The highest BCUT2D eigenvalue weighted by molar-refractivity contribution is 8.15. The van der Waals surface area contributed by atoms with Crippen LogP contribution >= 0.6 is 11.8 Å². The summed E-state index contributed by atoms with van der Waals surface area (Å²) in [5.41, 5.74) is 7.36. The van der Waals surface area contributed by atoms with E-state index in [1.165, 1.54) is 16.8 Å². The number of nitrogens with two attached hydrogens (primary N) is 1. The zero-order chi connectivity index (χ0) is 15.9. The van der Waals surface area contributed by atoms with Crippen LogP contribution in [0.5, 0.6) is 0 Å². The summed E-state index contributed by atoms with van der Waals surface area (Å²) in [6.45, 7) is 5.29. The van der Waals surface area contributed by atoms with Gasteiger partial charge in [-0.25, -0.2) is 9.97 Å². The smallest absolute Gasteiger partial charge is 0.324 e. The van der Waals surface area contributed by atoms with Crippen LogP contribution in [0.1, 0.15) is 11.4 Å². The van der Waals surface area contributed by atoms with Crippen LogP contribution in [0.15, 0.2) is 34.8 Å². The van der Waals surface area contributed by atoms with E-state index in [0.29, 0.717) is 17.2 Å². The monoisotopic (exact) mass is 318 g/mol. The maximum atomic E-state index is 11.0. The van der Waals surface area contributed by atoms with Crippen molar-refractivity contribution in [1.82, 2.24) is 15.0 Å². The summed E-state index contributed by atoms with van der Waals surface area (Å²) in [4.78, 5) is 23.9. The molecule has 0 saturated heterocycles. The Balaban J connectivity index is 1.90. The normalized spacial score (nSPS) is 23.0. The molecule has 0 spiro atoms. The highest BCUT2D eigenvalue weighted by Gasteiger charge is 2.44. The molecule has 9 heteroatoms. The number of nitrogens with zero attached hydrogens (tertiary/aromatic N) is 5. The Labute approximate surface area is 130 Å². The van der Waals surface area contributed by atoms with Crippen molar-refractivity contribution in [2.24, 2.45) is 15.8 Å². The third-order valence-corrected chi connectivity index (χ3v) is 4.53. The maximum Gasteiger partial charge on any atom is 0.324 e. The van der Waals surface area contributed by atoms with E-state index in [9.17, 15) is 4.79 Å². The molecule has 1 aromatic heterocycles. The van der Waals surface area contributed by atoms with E-state index >= 15 is 0 Å². The molecule has 0 aromatic carbocycles. The van der Waals surface area contributed by atoms with Gasteiger partial charge in [0.25, 0.3) is 0 Å². The van der Waals surface area contributed by atoms with Crippen molar-refractivity contribution in [2.75, 3.05) is 6.54 Å². The van der Waals surface area contributed by atoms with Crippen LogP contribution in [0.2, 0.25) is 0 Å². The van der Waals surface area contributed by atoms with Crippen LogP contribution in [-0.4, -0.2) is 54.8 Å². The Hall–Kier alpha value is -2.42. The van der Waals surface area contributed by atoms with Gasteiger partial charge in [-0.05, 0) is 6.92 Å². The summed E-state index contributed by atoms with van der Waals surface area (Å²) in [7, 11) is 0. The number of carbonyl (C=O) groups is 1. The Bertz CT molecular complexity index is 699. The summed E-state index contributed by atoms with van der Waals surface area (Å²) in [5.74, 6) is -0.281. The molecule has 2 unspecified atom stereocenters. The van der Waals surface area contributed by atoms with Crippen LogP contribution in [0.3, 0.4) is 0 Å². The summed E-state index contributed by atoms with van der Waals surface area (Å²) >= 11 is 1.43. The van der Waals surface area contributed by atoms with Gasteiger partial charge in [-0.2, -0.15) is 5.10 Å². The van der Waals surface area contributed by atoms with Gasteiger partial charge in [0.05, 0.1) is 5.70 Å². The van der Waals surface area contributed by atoms with E-state index in [4.69, 9.17) is 10.8 Å². The molecule has 2 aliphatic rings. The number of thioether (sulfide) groups is 1. The lowest BCUT2D eigenvalue weighted by molar-refractivity contribution is -0.138. The van der Waals surface area contributed by atoms with E-state index in [0.717, 1.165) is 10.6 Å². The van der Waals surface area contributed by atoms with Crippen LogP contribution in [0.4, 0.5) is 0 Å². The molecular formula is C13H14N6O2S. The molecule has 0 saturated carbocycles. The second-order valence-corrected chi connectivity index (χ2v) is 6.01. The van der Waals surface area contributed by atoms with Gasteiger partial charge in [0.2, 0.25) is 0 Å². The van der Waals surface area contributed by atoms with Gasteiger partial charge in [-0.15, -0.1) is 0 Å². The van der Waals surface area contributed by atoms with Crippen molar-refractivity contribution in [1.29, 1.82) is 0 Å². The lowest BCUT2D eigenvalue weighted by Crippen LogP contribution is -2.34. The first-order valence-electron chi connectivity index (χ1n) is 6.51. The maximum absolute atomic E-state index is 11.0. The quantitative estimate of drug-likeness (QED) is 0.814. The van der Waals surface area contributed by atoms with Crippen molar-refractivity contribution in [3.05, 3.63) is 36.1 Å². The lowest BCUT2D eigenvalue weighted by atomic mass is 10.1. The summed E-state index contributed by atoms with van der Waals surface area (Å²) in [5, 5.41) is 15.2. The first-order chi connectivity index (χ1) is 10.5. The van der Waals surface area contributed by atoms with Crippen molar-refractivity contribution >= 4 is 28.5 Å². The fraction of sp³-hybridized carbons (Fsp3) is 0.308. The second-order valence-electron chi connectivity index (χ2n) is 4.91. The Morgan fingerprint density at radius 2 is 2.18 bits per heavy atom. The van der Waals surface area contributed by atoms with Crippen LogP contribution in [0.25, 0.3) is 0 Å². The van der Waals surface area contributed by atoms with Gasteiger partial charge in [0.1, 0.15) is 34.5 Å². The van der Waals surface area contributed by atoms with Crippen LogP contribution < -0.4 is 5.73 Å². The largest absolute Gasteiger partial charge is 0.480 e. The number of rotatable bonds is 4. The molecule has 3 heterocycles. The number of hydrogen-bond donors (Lipinski definition) is 2. The molecule has 22 heavy (non-hydrogen) atoms. The molecular weight excluding hydrogens is 304 g/mol. The van der Waals surface area contributed by atoms with Crippen molar-refractivity contribution in [3.8, 4) is 0 Å². The summed E-state index contributed by atoms with van der Waals surface area (Å²) < 4.78 is 0. The zero-order valence-electron chi connectivity index (χ0n) is 11.8. The van der Waals surface area contributed by atoms with E-state index in [1.807, 2.05) is 0 Å². The Morgan fingerprint density at radius 3 is 2.77 bits per heavy atom. The van der Waals surface area contributed by atoms with E-state index < -0.39 is 5.97 Å². The fourth-order valence-corrected chi connectivity index (χ4v) is 3.44.